The van der Waals surface area contributed by atoms with Crippen LogP contribution in [0.3, 0.4) is 0 Å². The number of hydrogen-bond donors (Lipinski definition) is 1. The van der Waals surface area contributed by atoms with Crippen LogP contribution < -0.4 is 10.1 Å². The van der Waals surface area contributed by atoms with Gasteiger partial charge in [-0.1, -0.05) is 50.2 Å². The normalized spacial score (nSPS) is 11.0. The second kappa shape index (κ2) is 7.07. The fraction of sp³-hybridized carbons (Fsp3) is 0.294. The number of alkyl halides is 2. The highest BCUT2D eigenvalue weighted by molar-refractivity contribution is 5.56. The van der Waals surface area contributed by atoms with Gasteiger partial charge in [-0.05, 0) is 29.2 Å². The quantitative estimate of drug-likeness (QED) is 0.806. The molecule has 112 valence electrons. The summed E-state index contributed by atoms with van der Waals surface area (Å²) < 4.78 is 29.2. The van der Waals surface area contributed by atoms with E-state index >= 15 is 0 Å². The largest absolute Gasteiger partial charge is 0.433 e. The molecule has 0 aliphatic heterocycles. The van der Waals surface area contributed by atoms with Gasteiger partial charge < -0.3 is 10.1 Å². The first-order chi connectivity index (χ1) is 10.1. The molecule has 2 nitrogen and oxygen atoms in total. The Labute approximate surface area is 123 Å². The Morgan fingerprint density at radius 3 is 2.29 bits per heavy atom. The van der Waals surface area contributed by atoms with Crippen LogP contribution in [0, 0.1) is 0 Å². The van der Waals surface area contributed by atoms with Gasteiger partial charge in [0.25, 0.3) is 0 Å². The topological polar surface area (TPSA) is 21.3 Å². The van der Waals surface area contributed by atoms with Gasteiger partial charge in [-0.25, -0.2) is 0 Å². The van der Waals surface area contributed by atoms with Gasteiger partial charge in [0.15, 0.2) is 0 Å². The molecule has 0 amide bonds. The van der Waals surface area contributed by atoms with E-state index in [1.165, 1.54) is 11.6 Å². The summed E-state index contributed by atoms with van der Waals surface area (Å²) in [7, 11) is 0. The first kappa shape index (κ1) is 15.3. The van der Waals surface area contributed by atoms with E-state index in [0.29, 0.717) is 18.2 Å². The first-order valence-corrected chi connectivity index (χ1v) is 6.93. The van der Waals surface area contributed by atoms with Crippen molar-refractivity contribution in [2.75, 3.05) is 5.32 Å². The fourth-order valence-corrected chi connectivity index (χ4v) is 2.03. The van der Waals surface area contributed by atoms with Crippen LogP contribution in [0.4, 0.5) is 14.5 Å². The molecule has 0 fully saturated rings. The molecule has 0 spiro atoms. The van der Waals surface area contributed by atoms with Crippen LogP contribution in [-0.4, -0.2) is 6.61 Å². The van der Waals surface area contributed by atoms with Crippen molar-refractivity contribution in [3.8, 4) is 5.75 Å². The zero-order chi connectivity index (χ0) is 15.2. The van der Waals surface area contributed by atoms with E-state index in [1.54, 1.807) is 18.2 Å². The fourth-order valence-electron chi connectivity index (χ4n) is 2.03. The monoisotopic (exact) mass is 291 g/mol. The number of para-hydroxylation sites is 2. The molecule has 1 N–H and O–H groups in total. The Morgan fingerprint density at radius 2 is 1.67 bits per heavy atom. The maximum atomic E-state index is 12.3. The van der Waals surface area contributed by atoms with E-state index in [9.17, 15) is 8.78 Å². The minimum absolute atomic E-state index is 0.159. The molecule has 0 aliphatic carbocycles. The van der Waals surface area contributed by atoms with Gasteiger partial charge in [0, 0.05) is 6.54 Å². The molecule has 0 atom stereocenters. The average Bonchev–Trinajstić information content (AvgIpc) is 2.46. The Kier molecular flexibility index (Phi) is 5.14. The lowest BCUT2D eigenvalue weighted by atomic mass is 10.0. The predicted molar refractivity (Wildman–Crippen MR) is 80.9 cm³/mol. The molecule has 0 saturated heterocycles. The zero-order valence-corrected chi connectivity index (χ0v) is 12.1. The molecule has 0 bridgehead atoms. The molecular formula is C17H19F2NO. The lowest BCUT2D eigenvalue weighted by molar-refractivity contribution is -0.0493. The summed E-state index contributed by atoms with van der Waals surface area (Å²) in [5, 5.41) is 3.13. The lowest BCUT2D eigenvalue weighted by Crippen LogP contribution is -2.06. The minimum Gasteiger partial charge on any atom is -0.433 e. The number of nitrogens with one attached hydrogen (secondary N) is 1. The Hall–Kier alpha value is -2.10. The molecule has 21 heavy (non-hydrogen) atoms. The standard InChI is InChI=1S/C17H19F2NO/c1-12(2)14-9-7-13(8-10-14)11-20-15-5-3-4-6-16(15)21-17(18)19/h3-10,12,17,20H,11H2,1-2H3. The lowest BCUT2D eigenvalue weighted by Gasteiger charge is -2.13. The highest BCUT2D eigenvalue weighted by Crippen LogP contribution is 2.26. The third kappa shape index (κ3) is 4.45. The van der Waals surface area contributed by atoms with Crippen molar-refractivity contribution >= 4 is 5.69 Å². The SMILES string of the molecule is CC(C)c1ccc(CNc2ccccc2OC(F)F)cc1. The van der Waals surface area contributed by atoms with Crippen LogP contribution in [0.25, 0.3) is 0 Å². The Bertz CT molecular complexity index is 567. The van der Waals surface area contributed by atoms with Gasteiger partial charge in [0.1, 0.15) is 5.75 Å². The van der Waals surface area contributed by atoms with Gasteiger partial charge in [-0.3, -0.25) is 0 Å². The van der Waals surface area contributed by atoms with Crippen molar-refractivity contribution in [1.29, 1.82) is 0 Å². The minimum atomic E-state index is -2.82. The van der Waals surface area contributed by atoms with Crippen molar-refractivity contribution in [2.24, 2.45) is 0 Å². The number of halogens is 2. The third-order valence-corrected chi connectivity index (χ3v) is 3.23. The molecule has 0 radical (unpaired) electrons. The molecule has 0 heterocycles. The summed E-state index contributed by atoms with van der Waals surface area (Å²) >= 11 is 0. The van der Waals surface area contributed by atoms with Crippen molar-refractivity contribution in [2.45, 2.75) is 32.9 Å². The average molecular weight is 291 g/mol. The highest BCUT2D eigenvalue weighted by atomic mass is 19.3. The van der Waals surface area contributed by atoms with E-state index in [2.05, 4.69) is 36.0 Å². The summed E-state index contributed by atoms with van der Waals surface area (Å²) in [5.74, 6) is 0.651. The first-order valence-electron chi connectivity index (χ1n) is 6.93. The second-order valence-corrected chi connectivity index (χ2v) is 5.12. The maximum Gasteiger partial charge on any atom is 0.387 e. The highest BCUT2D eigenvalue weighted by Gasteiger charge is 2.08. The molecule has 2 aromatic rings. The van der Waals surface area contributed by atoms with Gasteiger partial charge in [-0.2, -0.15) is 8.78 Å². The van der Waals surface area contributed by atoms with Crippen molar-refractivity contribution in [3.63, 3.8) is 0 Å². The van der Waals surface area contributed by atoms with Gasteiger partial charge in [0.2, 0.25) is 0 Å². The second-order valence-electron chi connectivity index (χ2n) is 5.12. The molecular weight excluding hydrogens is 272 g/mol. The number of anilines is 1. The van der Waals surface area contributed by atoms with Crippen LogP contribution in [0.1, 0.15) is 30.9 Å². The van der Waals surface area contributed by atoms with Gasteiger partial charge in [0.05, 0.1) is 5.69 Å². The Balaban J connectivity index is 2.02. The molecule has 0 saturated carbocycles. The summed E-state index contributed by atoms with van der Waals surface area (Å²) in [6.45, 7) is 2.02. The molecule has 0 aromatic heterocycles. The van der Waals surface area contributed by atoms with E-state index < -0.39 is 6.61 Å². The maximum absolute atomic E-state index is 12.3. The molecule has 0 unspecified atom stereocenters. The smallest absolute Gasteiger partial charge is 0.387 e. The van der Waals surface area contributed by atoms with Crippen LogP contribution in [0.2, 0.25) is 0 Å². The van der Waals surface area contributed by atoms with E-state index in [0.717, 1.165) is 5.56 Å². The van der Waals surface area contributed by atoms with Crippen LogP contribution >= 0.6 is 0 Å². The van der Waals surface area contributed by atoms with Gasteiger partial charge >= 0.3 is 6.61 Å². The van der Waals surface area contributed by atoms with Crippen molar-refractivity contribution < 1.29 is 13.5 Å². The summed E-state index contributed by atoms with van der Waals surface area (Å²) in [4.78, 5) is 0. The summed E-state index contributed by atoms with van der Waals surface area (Å²) in [6, 6.07) is 14.9. The van der Waals surface area contributed by atoms with Gasteiger partial charge in [-0.15, -0.1) is 0 Å². The van der Waals surface area contributed by atoms with Crippen molar-refractivity contribution in [3.05, 3.63) is 59.7 Å². The predicted octanol–water partition coefficient (Wildman–Crippen LogP) is 5.02. The number of ether oxygens (including phenoxy) is 1. The summed E-state index contributed by atoms with van der Waals surface area (Å²) in [5.41, 5.74) is 2.93. The Morgan fingerprint density at radius 1 is 1.00 bits per heavy atom. The van der Waals surface area contributed by atoms with E-state index in [1.807, 2.05) is 12.1 Å². The zero-order valence-electron chi connectivity index (χ0n) is 12.1. The van der Waals surface area contributed by atoms with Crippen molar-refractivity contribution in [1.82, 2.24) is 0 Å². The van der Waals surface area contributed by atoms with E-state index in [-0.39, 0.29) is 5.75 Å². The molecule has 0 aliphatic rings. The van der Waals surface area contributed by atoms with Crippen LogP contribution in [0.5, 0.6) is 5.75 Å². The van der Waals surface area contributed by atoms with E-state index in [4.69, 9.17) is 0 Å². The molecule has 2 rings (SSSR count). The van der Waals surface area contributed by atoms with Crippen LogP contribution in [-0.2, 0) is 6.54 Å². The molecule has 2 aromatic carbocycles. The third-order valence-electron chi connectivity index (χ3n) is 3.23. The molecule has 4 heteroatoms. The number of benzene rings is 2. The van der Waals surface area contributed by atoms with Crippen LogP contribution in [0.15, 0.2) is 48.5 Å². The summed E-state index contributed by atoms with van der Waals surface area (Å²) in [6.07, 6.45) is 0. The number of rotatable bonds is 6. The number of hydrogen-bond acceptors (Lipinski definition) is 2.